The maximum atomic E-state index is 9.48. The van der Waals surface area contributed by atoms with Gasteiger partial charge in [-0.3, -0.25) is 0 Å². The predicted octanol–water partition coefficient (Wildman–Crippen LogP) is 4.91. The van der Waals surface area contributed by atoms with E-state index in [1.807, 2.05) is 30.3 Å². The number of benzene rings is 2. The van der Waals surface area contributed by atoms with Crippen molar-refractivity contribution in [1.82, 2.24) is 0 Å². The van der Waals surface area contributed by atoms with Crippen LogP contribution < -0.4 is 5.32 Å². The van der Waals surface area contributed by atoms with Gasteiger partial charge in [-0.1, -0.05) is 74.7 Å². The number of rotatable bonds is 8. The highest BCUT2D eigenvalue weighted by Gasteiger charge is 2.12. The molecule has 0 aromatic heterocycles. The van der Waals surface area contributed by atoms with Crippen molar-refractivity contribution in [3.63, 3.8) is 0 Å². The van der Waals surface area contributed by atoms with Gasteiger partial charge in [-0.2, -0.15) is 0 Å². The van der Waals surface area contributed by atoms with Crippen LogP contribution in [0.2, 0.25) is 0 Å². The Kier molecular flexibility index (Phi) is 6.29. The molecule has 0 heterocycles. The largest absolute Gasteiger partial charge is 0.392 e. The van der Waals surface area contributed by atoms with E-state index in [1.165, 1.54) is 24.8 Å². The standard InChI is InChI=1S/C19H25NO/c1-2-3-5-13-18(16-10-6-4-7-11-16)20-19-14-9-8-12-17(19)15-21/h4,6-12,14,18,20-21H,2-3,5,13,15H2,1H3. The first kappa shape index (κ1) is 15.6. The molecular formula is C19H25NO. The van der Waals surface area contributed by atoms with E-state index in [1.54, 1.807) is 0 Å². The molecule has 2 heteroatoms. The lowest BCUT2D eigenvalue weighted by Crippen LogP contribution is -2.12. The SMILES string of the molecule is CCCCCC(Nc1ccccc1CO)c1ccccc1. The molecule has 0 amide bonds. The van der Waals surface area contributed by atoms with Crippen LogP contribution in [0.15, 0.2) is 54.6 Å². The molecule has 112 valence electrons. The quantitative estimate of drug-likeness (QED) is 0.674. The summed E-state index contributed by atoms with van der Waals surface area (Å²) in [6, 6.07) is 18.8. The first-order valence-corrected chi connectivity index (χ1v) is 7.85. The van der Waals surface area contributed by atoms with Crippen molar-refractivity contribution in [2.45, 2.75) is 45.3 Å². The minimum atomic E-state index is 0.0691. The normalized spacial score (nSPS) is 12.1. The van der Waals surface area contributed by atoms with Crippen molar-refractivity contribution in [2.75, 3.05) is 5.32 Å². The molecule has 2 aromatic carbocycles. The van der Waals surface area contributed by atoms with E-state index < -0.39 is 0 Å². The summed E-state index contributed by atoms with van der Waals surface area (Å²) in [5, 5.41) is 13.1. The average Bonchev–Trinajstić information content (AvgIpc) is 2.55. The molecular weight excluding hydrogens is 258 g/mol. The number of aliphatic hydroxyl groups excluding tert-OH is 1. The van der Waals surface area contributed by atoms with Crippen LogP contribution in [0.25, 0.3) is 0 Å². The van der Waals surface area contributed by atoms with Gasteiger partial charge in [0.25, 0.3) is 0 Å². The Morgan fingerprint density at radius 2 is 1.67 bits per heavy atom. The van der Waals surface area contributed by atoms with Crippen LogP contribution in [0.4, 0.5) is 5.69 Å². The third kappa shape index (κ3) is 4.61. The lowest BCUT2D eigenvalue weighted by atomic mass is 9.99. The Bertz CT molecular complexity index is 524. The van der Waals surface area contributed by atoms with E-state index >= 15 is 0 Å². The van der Waals surface area contributed by atoms with Gasteiger partial charge in [0.05, 0.1) is 12.6 Å². The Hall–Kier alpha value is -1.80. The molecule has 1 atom stereocenters. The van der Waals surface area contributed by atoms with Crippen molar-refractivity contribution >= 4 is 5.69 Å². The molecule has 0 aliphatic carbocycles. The van der Waals surface area contributed by atoms with Gasteiger partial charge in [-0.15, -0.1) is 0 Å². The van der Waals surface area contributed by atoms with E-state index in [-0.39, 0.29) is 6.61 Å². The summed E-state index contributed by atoms with van der Waals surface area (Å²) in [5.74, 6) is 0. The first-order chi connectivity index (χ1) is 10.3. The molecule has 2 aromatic rings. The van der Waals surface area contributed by atoms with E-state index in [0.717, 1.165) is 17.7 Å². The summed E-state index contributed by atoms with van der Waals surface area (Å²) in [4.78, 5) is 0. The highest BCUT2D eigenvalue weighted by Crippen LogP contribution is 2.26. The summed E-state index contributed by atoms with van der Waals surface area (Å²) >= 11 is 0. The number of hydrogen-bond donors (Lipinski definition) is 2. The molecule has 0 saturated carbocycles. The zero-order valence-electron chi connectivity index (χ0n) is 12.8. The van der Waals surface area contributed by atoms with Gasteiger partial charge < -0.3 is 10.4 Å². The van der Waals surface area contributed by atoms with Crippen LogP contribution in [0, 0.1) is 0 Å². The predicted molar refractivity (Wildman–Crippen MR) is 89.3 cm³/mol. The zero-order valence-corrected chi connectivity index (χ0v) is 12.8. The Labute approximate surface area is 127 Å². The molecule has 2 N–H and O–H groups in total. The Balaban J connectivity index is 2.15. The highest BCUT2D eigenvalue weighted by atomic mass is 16.3. The molecule has 2 rings (SSSR count). The minimum absolute atomic E-state index is 0.0691. The fourth-order valence-corrected chi connectivity index (χ4v) is 2.59. The minimum Gasteiger partial charge on any atom is -0.392 e. The van der Waals surface area contributed by atoms with Gasteiger partial charge in [0.2, 0.25) is 0 Å². The van der Waals surface area contributed by atoms with Crippen molar-refractivity contribution < 1.29 is 5.11 Å². The molecule has 0 spiro atoms. The highest BCUT2D eigenvalue weighted by molar-refractivity contribution is 5.52. The van der Waals surface area contributed by atoms with Gasteiger partial charge in [-0.05, 0) is 18.1 Å². The fourth-order valence-electron chi connectivity index (χ4n) is 2.59. The smallest absolute Gasteiger partial charge is 0.0701 e. The third-order valence-corrected chi connectivity index (χ3v) is 3.82. The number of unbranched alkanes of at least 4 members (excludes halogenated alkanes) is 2. The third-order valence-electron chi connectivity index (χ3n) is 3.82. The monoisotopic (exact) mass is 283 g/mol. The van der Waals surface area contributed by atoms with Gasteiger partial charge in [0, 0.05) is 11.3 Å². The molecule has 0 fully saturated rings. The maximum absolute atomic E-state index is 9.48. The molecule has 0 radical (unpaired) electrons. The fraction of sp³-hybridized carbons (Fsp3) is 0.368. The van der Waals surface area contributed by atoms with E-state index in [2.05, 4.69) is 36.5 Å². The molecule has 21 heavy (non-hydrogen) atoms. The number of aliphatic hydroxyl groups is 1. The molecule has 0 aliphatic heterocycles. The van der Waals surface area contributed by atoms with Crippen LogP contribution in [-0.4, -0.2) is 5.11 Å². The van der Waals surface area contributed by atoms with Crippen LogP contribution in [0.1, 0.15) is 49.8 Å². The van der Waals surface area contributed by atoms with Crippen LogP contribution >= 0.6 is 0 Å². The van der Waals surface area contributed by atoms with Crippen LogP contribution in [0.5, 0.6) is 0 Å². The van der Waals surface area contributed by atoms with Crippen molar-refractivity contribution in [2.24, 2.45) is 0 Å². The second kappa shape index (κ2) is 8.48. The van der Waals surface area contributed by atoms with Crippen molar-refractivity contribution in [3.05, 3.63) is 65.7 Å². The lowest BCUT2D eigenvalue weighted by Gasteiger charge is -2.22. The molecule has 0 aliphatic rings. The van der Waals surface area contributed by atoms with Crippen molar-refractivity contribution in [3.8, 4) is 0 Å². The number of hydrogen-bond acceptors (Lipinski definition) is 2. The zero-order chi connectivity index (χ0) is 14.9. The van der Waals surface area contributed by atoms with Gasteiger partial charge >= 0.3 is 0 Å². The molecule has 2 nitrogen and oxygen atoms in total. The second-order valence-corrected chi connectivity index (χ2v) is 5.42. The molecule has 0 saturated heterocycles. The maximum Gasteiger partial charge on any atom is 0.0701 e. The molecule has 0 bridgehead atoms. The number of anilines is 1. The Morgan fingerprint density at radius 3 is 2.38 bits per heavy atom. The number of para-hydroxylation sites is 1. The lowest BCUT2D eigenvalue weighted by molar-refractivity contribution is 0.282. The first-order valence-electron chi connectivity index (χ1n) is 7.85. The van der Waals surface area contributed by atoms with Crippen LogP contribution in [0.3, 0.4) is 0 Å². The topological polar surface area (TPSA) is 32.3 Å². The van der Waals surface area contributed by atoms with Gasteiger partial charge in [0.1, 0.15) is 0 Å². The molecule has 1 unspecified atom stereocenters. The van der Waals surface area contributed by atoms with E-state index in [4.69, 9.17) is 0 Å². The van der Waals surface area contributed by atoms with E-state index in [0.29, 0.717) is 6.04 Å². The summed E-state index contributed by atoms with van der Waals surface area (Å²) in [7, 11) is 0. The average molecular weight is 283 g/mol. The summed E-state index contributed by atoms with van der Waals surface area (Å²) in [6.07, 6.45) is 4.81. The Morgan fingerprint density at radius 1 is 0.952 bits per heavy atom. The van der Waals surface area contributed by atoms with Crippen molar-refractivity contribution in [1.29, 1.82) is 0 Å². The van der Waals surface area contributed by atoms with Gasteiger partial charge in [0.15, 0.2) is 0 Å². The summed E-state index contributed by atoms with van der Waals surface area (Å²) in [6.45, 7) is 2.30. The summed E-state index contributed by atoms with van der Waals surface area (Å²) < 4.78 is 0. The van der Waals surface area contributed by atoms with Gasteiger partial charge in [-0.25, -0.2) is 0 Å². The number of nitrogens with one attached hydrogen (secondary N) is 1. The second-order valence-electron chi connectivity index (χ2n) is 5.42. The summed E-state index contributed by atoms with van der Waals surface area (Å²) in [5.41, 5.74) is 3.29. The van der Waals surface area contributed by atoms with Crippen LogP contribution in [-0.2, 0) is 6.61 Å². The van der Waals surface area contributed by atoms with E-state index in [9.17, 15) is 5.11 Å².